The molecule has 0 saturated heterocycles. The molecule has 0 aliphatic heterocycles. The maximum atomic E-state index is 13.2. The van der Waals surface area contributed by atoms with Crippen LogP contribution in [0.4, 0.5) is 15.8 Å². The second-order valence-corrected chi connectivity index (χ2v) is 4.52. The van der Waals surface area contributed by atoms with Crippen LogP contribution in [0.5, 0.6) is 0 Å². The van der Waals surface area contributed by atoms with E-state index in [9.17, 15) is 4.39 Å². The molecule has 0 spiro atoms. The second kappa shape index (κ2) is 5.14. The van der Waals surface area contributed by atoms with Crippen LogP contribution in [0.1, 0.15) is 11.1 Å². The molecule has 92 valence electrons. The first-order valence-electron chi connectivity index (χ1n) is 5.49. The summed E-state index contributed by atoms with van der Waals surface area (Å²) in [6.45, 7) is 1.85. The number of thiocarbonyl (C=S) groups is 1. The summed E-state index contributed by atoms with van der Waals surface area (Å²) >= 11 is 4.88. The number of hydrogen-bond donors (Lipinski definition) is 2. The molecule has 2 aromatic carbocycles. The van der Waals surface area contributed by atoms with E-state index in [1.165, 1.54) is 12.1 Å². The number of anilines is 2. The smallest absolute Gasteiger partial charge is 0.125 e. The van der Waals surface area contributed by atoms with Gasteiger partial charge in [0.05, 0.1) is 0 Å². The Kier molecular flexibility index (Phi) is 3.58. The van der Waals surface area contributed by atoms with Crippen molar-refractivity contribution in [2.75, 3.05) is 5.32 Å². The Labute approximate surface area is 111 Å². The summed E-state index contributed by atoms with van der Waals surface area (Å²) in [5.74, 6) is -0.253. The third-order valence-electron chi connectivity index (χ3n) is 2.50. The quantitative estimate of drug-likeness (QED) is 0.829. The molecule has 2 nitrogen and oxygen atoms in total. The van der Waals surface area contributed by atoms with Crippen LogP contribution in [0.25, 0.3) is 0 Å². The molecule has 0 atom stereocenters. The Bertz CT molecular complexity index is 559. The molecule has 0 aromatic heterocycles. The number of halogens is 1. The number of aryl methyl sites for hydroxylation is 1. The van der Waals surface area contributed by atoms with Gasteiger partial charge in [-0.2, -0.15) is 0 Å². The first kappa shape index (κ1) is 12.5. The summed E-state index contributed by atoms with van der Waals surface area (Å²) in [6, 6.07) is 12.2. The molecular formula is C14H13FN2S. The fourth-order valence-electron chi connectivity index (χ4n) is 1.69. The lowest BCUT2D eigenvalue weighted by Gasteiger charge is -2.08. The van der Waals surface area contributed by atoms with Gasteiger partial charge in [0.1, 0.15) is 10.8 Å². The average Bonchev–Trinajstić information content (AvgIpc) is 2.28. The van der Waals surface area contributed by atoms with Crippen LogP contribution < -0.4 is 11.1 Å². The largest absolute Gasteiger partial charge is 0.389 e. The zero-order valence-corrected chi connectivity index (χ0v) is 10.7. The predicted molar refractivity (Wildman–Crippen MR) is 76.7 cm³/mol. The highest BCUT2D eigenvalue weighted by molar-refractivity contribution is 7.80. The van der Waals surface area contributed by atoms with Crippen LogP contribution in [-0.2, 0) is 0 Å². The molecule has 3 N–H and O–H groups in total. The summed E-state index contributed by atoms with van der Waals surface area (Å²) < 4.78 is 13.2. The van der Waals surface area contributed by atoms with Crippen molar-refractivity contribution in [1.29, 1.82) is 0 Å². The zero-order valence-electron chi connectivity index (χ0n) is 9.91. The lowest BCUT2D eigenvalue weighted by Crippen LogP contribution is -2.08. The van der Waals surface area contributed by atoms with Crippen LogP contribution in [0.3, 0.4) is 0 Å². The van der Waals surface area contributed by atoms with Gasteiger partial charge in [-0.3, -0.25) is 0 Å². The fraction of sp³-hybridized carbons (Fsp3) is 0.0714. The van der Waals surface area contributed by atoms with Gasteiger partial charge in [0.2, 0.25) is 0 Å². The third kappa shape index (κ3) is 3.05. The molecule has 0 heterocycles. The highest BCUT2D eigenvalue weighted by Crippen LogP contribution is 2.19. The Hall–Kier alpha value is -1.94. The standard InChI is InChI=1S/C14H13FN2S/c1-9-6-11(15)8-13(7-9)17-12-4-2-10(3-5-12)14(16)18/h2-8,17H,1H3,(H2,16,18). The molecule has 0 unspecified atom stereocenters. The Morgan fingerprint density at radius 2 is 1.78 bits per heavy atom. The Balaban J connectivity index is 2.20. The molecular weight excluding hydrogens is 247 g/mol. The summed E-state index contributed by atoms with van der Waals surface area (Å²) in [4.78, 5) is 0.364. The third-order valence-corrected chi connectivity index (χ3v) is 2.74. The fourth-order valence-corrected chi connectivity index (χ4v) is 1.83. The minimum atomic E-state index is -0.253. The molecule has 18 heavy (non-hydrogen) atoms. The van der Waals surface area contributed by atoms with Crippen LogP contribution >= 0.6 is 12.2 Å². The van der Waals surface area contributed by atoms with Crippen LogP contribution in [0.2, 0.25) is 0 Å². The van der Waals surface area contributed by atoms with E-state index < -0.39 is 0 Å². The molecule has 0 amide bonds. The van der Waals surface area contributed by atoms with E-state index in [1.54, 1.807) is 0 Å². The van der Waals surface area contributed by atoms with Crippen molar-refractivity contribution in [2.24, 2.45) is 5.73 Å². The number of hydrogen-bond acceptors (Lipinski definition) is 2. The second-order valence-electron chi connectivity index (χ2n) is 4.08. The van der Waals surface area contributed by atoms with Crippen LogP contribution in [0, 0.1) is 12.7 Å². The van der Waals surface area contributed by atoms with Crippen molar-refractivity contribution < 1.29 is 4.39 Å². The van der Waals surface area contributed by atoms with Crippen molar-refractivity contribution in [2.45, 2.75) is 6.92 Å². The van der Waals surface area contributed by atoms with Crippen LogP contribution in [-0.4, -0.2) is 4.99 Å². The molecule has 0 saturated carbocycles. The van der Waals surface area contributed by atoms with Gasteiger partial charge in [-0.1, -0.05) is 12.2 Å². The molecule has 0 aliphatic carbocycles. The molecule has 0 radical (unpaired) electrons. The van der Waals surface area contributed by atoms with Crippen molar-refractivity contribution >= 4 is 28.6 Å². The first-order chi connectivity index (χ1) is 8.54. The Morgan fingerprint density at radius 3 is 2.33 bits per heavy atom. The van der Waals surface area contributed by atoms with E-state index in [-0.39, 0.29) is 5.82 Å². The Morgan fingerprint density at radius 1 is 1.11 bits per heavy atom. The highest BCUT2D eigenvalue weighted by Gasteiger charge is 2.00. The summed E-state index contributed by atoms with van der Waals surface area (Å²) in [7, 11) is 0. The maximum absolute atomic E-state index is 13.2. The predicted octanol–water partition coefficient (Wildman–Crippen LogP) is 3.51. The summed E-state index contributed by atoms with van der Waals surface area (Å²) in [5, 5.41) is 3.13. The van der Waals surface area contributed by atoms with E-state index in [4.69, 9.17) is 18.0 Å². The van der Waals surface area contributed by atoms with Gasteiger partial charge >= 0.3 is 0 Å². The van der Waals surface area contributed by atoms with E-state index in [2.05, 4.69) is 5.32 Å². The molecule has 0 bridgehead atoms. The van der Waals surface area contributed by atoms with Gasteiger partial charge in [-0.25, -0.2) is 4.39 Å². The number of benzene rings is 2. The number of nitrogens with two attached hydrogens (primary N) is 1. The molecule has 2 rings (SSSR count). The van der Waals surface area contributed by atoms with Crippen molar-refractivity contribution in [3.63, 3.8) is 0 Å². The first-order valence-corrected chi connectivity index (χ1v) is 5.89. The number of rotatable bonds is 3. The monoisotopic (exact) mass is 260 g/mol. The normalized spacial score (nSPS) is 10.1. The van der Waals surface area contributed by atoms with E-state index in [1.807, 2.05) is 37.3 Å². The minimum Gasteiger partial charge on any atom is -0.389 e. The SMILES string of the molecule is Cc1cc(F)cc(Nc2ccc(C(N)=S)cc2)c1. The molecule has 0 aliphatic rings. The lowest BCUT2D eigenvalue weighted by atomic mass is 10.2. The average molecular weight is 260 g/mol. The van der Waals surface area contributed by atoms with Crippen molar-refractivity contribution in [1.82, 2.24) is 0 Å². The topological polar surface area (TPSA) is 38.0 Å². The van der Waals surface area contributed by atoms with Crippen LogP contribution in [0.15, 0.2) is 42.5 Å². The lowest BCUT2D eigenvalue weighted by molar-refractivity contribution is 0.627. The van der Waals surface area contributed by atoms with Gasteiger partial charge in [-0.05, 0) is 55.0 Å². The summed E-state index contributed by atoms with van der Waals surface area (Å²) in [6.07, 6.45) is 0. The van der Waals surface area contributed by atoms with Gasteiger partial charge in [0, 0.05) is 16.9 Å². The molecule has 0 fully saturated rings. The van der Waals surface area contributed by atoms with E-state index >= 15 is 0 Å². The van der Waals surface area contributed by atoms with Gasteiger partial charge in [-0.15, -0.1) is 0 Å². The van der Waals surface area contributed by atoms with Gasteiger partial charge in [0.25, 0.3) is 0 Å². The van der Waals surface area contributed by atoms with Gasteiger partial charge < -0.3 is 11.1 Å². The van der Waals surface area contributed by atoms with E-state index in [0.717, 1.165) is 22.5 Å². The van der Waals surface area contributed by atoms with Crippen molar-refractivity contribution in [3.05, 3.63) is 59.4 Å². The van der Waals surface area contributed by atoms with E-state index in [0.29, 0.717) is 4.99 Å². The highest BCUT2D eigenvalue weighted by atomic mass is 32.1. The minimum absolute atomic E-state index is 0.253. The maximum Gasteiger partial charge on any atom is 0.125 e. The van der Waals surface area contributed by atoms with Gasteiger partial charge in [0.15, 0.2) is 0 Å². The molecule has 4 heteroatoms. The zero-order chi connectivity index (χ0) is 13.1. The summed E-state index contributed by atoms with van der Waals surface area (Å²) in [5.41, 5.74) is 8.78. The molecule has 2 aromatic rings. The number of nitrogens with one attached hydrogen (secondary N) is 1. The van der Waals surface area contributed by atoms with Crippen molar-refractivity contribution in [3.8, 4) is 0 Å².